The fourth-order valence-electron chi connectivity index (χ4n) is 2.69. The molecule has 2 rings (SSSR count). The van der Waals surface area contributed by atoms with Crippen LogP contribution in [0.4, 0.5) is 0 Å². The van der Waals surface area contributed by atoms with Gasteiger partial charge in [0.15, 0.2) is 11.5 Å². The van der Waals surface area contributed by atoms with Crippen molar-refractivity contribution in [1.82, 2.24) is 13.9 Å². The molecule has 1 aliphatic rings. The average Bonchev–Trinajstić information content (AvgIpc) is 2.60. The molecule has 0 atom stereocenters. The van der Waals surface area contributed by atoms with Crippen LogP contribution >= 0.6 is 0 Å². The van der Waals surface area contributed by atoms with Gasteiger partial charge in [-0.1, -0.05) is 13.0 Å². The molecule has 136 valence electrons. The van der Waals surface area contributed by atoms with E-state index in [1.165, 1.54) is 4.31 Å². The Labute approximate surface area is 144 Å². The summed E-state index contributed by atoms with van der Waals surface area (Å²) in [5.41, 5.74) is 1.12. The second-order valence-corrected chi connectivity index (χ2v) is 7.52. The summed E-state index contributed by atoms with van der Waals surface area (Å²) in [6.07, 6.45) is 0.790. The molecule has 7 nitrogen and oxygen atoms in total. The summed E-state index contributed by atoms with van der Waals surface area (Å²) in [5.74, 6) is 1.42. The third kappa shape index (κ3) is 4.83. The van der Waals surface area contributed by atoms with Crippen LogP contribution in [0.5, 0.6) is 11.5 Å². The Bertz CT molecular complexity index is 628. The topological polar surface area (TPSA) is 71.1 Å². The van der Waals surface area contributed by atoms with E-state index in [4.69, 9.17) is 9.47 Å². The second-order valence-electron chi connectivity index (χ2n) is 5.76. The number of rotatable bonds is 8. The fourth-order valence-corrected chi connectivity index (χ4v) is 3.98. The highest BCUT2D eigenvalue weighted by atomic mass is 32.2. The maximum absolute atomic E-state index is 12.1. The van der Waals surface area contributed by atoms with Gasteiger partial charge < -0.3 is 9.47 Å². The molecular formula is C16H27N3O4S. The van der Waals surface area contributed by atoms with Crippen molar-refractivity contribution in [3.63, 3.8) is 0 Å². The first-order valence-corrected chi connectivity index (χ1v) is 9.62. The van der Waals surface area contributed by atoms with Crippen LogP contribution in [0, 0.1) is 0 Å². The number of methoxy groups -OCH3 is 2. The summed E-state index contributed by atoms with van der Waals surface area (Å²) < 4.78 is 39.0. The Kier molecular flexibility index (Phi) is 6.85. The Morgan fingerprint density at radius 3 is 2.33 bits per heavy atom. The van der Waals surface area contributed by atoms with Gasteiger partial charge in [0.1, 0.15) is 0 Å². The molecule has 0 unspecified atom stereocenters. The normalized spacial score (nSPS) is 17.0. The van der Waals surface area contributed by atoms with Crippen molar-refractivity contribution in [2.75, 3.05) is 46.9 Å². The largest absolute Gasteiger partial charge is 0.493 e. The maximum Gasteiger partial charge on any atom is 0.279 e. The van der Waals surface area contributed by atoms with Crippen LogP contribution < -0.4 is 14.2 Å². The lowest BCUT2D eigenvalue weighted by atomic mass is 10.1. The van der Waals surface area contributed by atoms with Gasteiger partial charge in [0.05, 0.1) is 14.2 Å². The lowest BCUT2D eigenvalue weighted by molar-refractivity contribution is 0.180. The molecule has 1 aromatic rings. The molecule has 8 heteroatoms. The molecule has 1 aromatic carbocycles. The number of benzene rings is 1. The quantitative estimate of drug-likeness (QED) is 0.753. The van der Waals surface area contributed by atoms with Gasteiger partial charge in [-0.15, -0.1) is 0 Å². The van der Waals surface area contributed by atoms with E-state index in [2.05, 4.69) is 9.62 Å². The second kappa shape index (κ2) is 8.66. The zero-order valence-corrected chi connectivity index (χ0v) is 15.4. The first-order valence-electron chi connectivity index (χ1n) is 8.18. The first kappa shape index (κ1) is 19.0. The third-order valence-electron chi connectivity index (χ3n) is 4.06. The average molecular weight is 357 g/mol. The highest BCUT2D eigenvalue weighted by Crippen LogP contribution is 2.28. The zero-order valence-electron chi connectivity index (χ0n) is 14.6. The van der Waals surface area contributed by atoms with E-state index in [1.54, 1.807) is 14.2 Å². The van der Waals surface area contributed by atoms with Gasteiger partial charge in [0.2, 0.25) is 0 Å². The van der Waals surface area contributed by atoms with Crippen LogP contribution in [0.2, 0.25) is 0 Å². The molecule has 0 bridgehead atoms. The van der Waals surface area contributed by atoms with E-state index in [1.807, 2.05) is 25.1 Å². The molecular weight excluding hydrogens is 330 g/mol. The molecule has 1 N–H and O–H groups in total. The number of ether oxygens (including phenoxy) is 2. The summed E-state index contributed by atoms with van der Waals surface area (Å²) in [7, 11) is -0.107. The van der Waals surface area contributed by atoms with Crippen LogP contribution in [0.3, 0.4) is 0 Å². The smallest absolute Gasteiger partial charge is 0.279 e. The Morgan fingerprint density at radius 2 is 1.75 bits per heavy atom. The monoisotopic (exact) mass is 357 g/mol. The van der Waals surface area contributed by atoms with E-state index < -0.39 is 10.2 Å². The molecule has 0 radical (unpaired) electrons. The highest BCUT2D eigenvalue weighted by Gasteiger charge is 2.26. The Hall–Kier alpha value is -1.35. The SMILES string of the molecule is CCCNS(=O)(=O)N1CCN(Cc2ccc(OC)c(OC)c2)CC1. The van der Waals surface area contributed by atoms with Gasteiger partial charge in [-0.2, -0.15) is 12.7 Å². The fraction of sp³-hybridized carbons (Fsp3) is 0.625. The number of nitrogens with zero attached hydrogens (tertiary/aromatic N) is 2. The van der Waals surface area contributed by atoms with E-state index >= 15 is 0 Å². The predicted octanol–water partition coefficient (Wildman–Crippen LogP) is 1.07. The minimum Gasteiger partial charge on any atom is -0.493 e. The molecule has 0 aliphatic carbocycles. The molecule has 0 amide bonds. The van der Waals surface area contributed by atoms with E-state index in [0.29, 0.717) is 44.2 Å². The van der Waals surface area contributed by atoms with Gasteiger partial charge in [0, 0.05) is 39.3 Å². The lowest BCUT2D eigenvalue weighted by Crippen LogP contribution is -2.51. The summed E-state index contributed by atoms with van der Waals surface area (Å²) in [6.45, 7) is 5.62. The molecule has 1 aliphatic heterocycles. The van der Waals surface area contributed by atoms with Crippen molar-refractivity contribution in [2.45, 2.75) is 19.9 Å². The summed E-state index contributed by atoms with van der Waals surface area (Å²) in [5, 5.41) is 0. The number of piperazine rings is 1. The van der Waals surface area contributed by atoms with E-state index in [-0.39, 0.29) is 0 Å². The molecule has 1 heterocycles. The third-order valence-corrected chi connectivity index (χ3v) is 5.67. The summed E-state index contributed by atoms with van der Waals surface area (Å²) in [6, 6.07) is 5.86. The van der Waals surface area contributed by atoms with E-state index in [9.17, 15) is 8.42 Å². The van der Waals surface area contributed by atoms with Crippen LogP contribution in [0.25, 0.3) is 0 Å². The number of hydrogen-bond acceptors (Lipinski definition) is 5. The van der Waals surface area contributed by atoms with Gasteiger partial charge in [0.25, 0.3) is 10.2 Å². The molecule has 0 aromatic heterocycles. The van der Waals surface area contributed by atoms with Crippen molar-refractivity contribution < 1.29 is 17.9 Å². The summed E-state index contributed by atoms with van der Waals surface area (Å²) in [4.78, 5) is 2.24. The maximum atomic E-state index is 12.1. The van der Waals surface area contributed by atoms with Gasteiger partial charge in [-0.3, -0.25) is 4.90 Å². The van der Waals surface area contributed by atoms with Crippen molar-refractivity contribution >= 4 is 10.2 Å². The van der Waals surface area contributed by atoms with E-state index in [0.717, 1.165) is 18.5 Å². The van der Waals surface area contributed by atoms with Crippen molar-refractivity contribution in [3.8, 4) is 11.5 Å². The predicted molar refractivity (Wildman–Crippen MR) is 93.6 cm³/mol. The van der Waals surface area contributed by atoms with Gasteiger partial charge in [-0.05, 0) is 24.1 Å². The zero-order chi connectivity index (χ0) is 17.6. The molecule has 0 spiro atoms. The van der Waals surface area contributed by atoms with Crippen LogP contribution in [-0.4, -0.2) is 64.6 Å². The van der Waals surface area contributed by atoms with Crippen LogP contribution in [0.15, 0.2) is 18.2 Å². The minimum atomic E-state index is -3.34. The standard InChI is InChI=1S/C16H27N3O4S/c1-4-7-17-24(20,21)19-10-8-18(9-11-19)13-14-5-6-15(22-2)16(12-14)23-3/h5-6,12,17H,4,7-11,13H2,1-3H3. The van der Waals surface area contributed by atoms with Gasteiger partial charge >= 0.3 is 0 Å². The van der Waals surface area contributed by atoms with Crippen LogP contribution in [-0.2, 0) is 16.8 Å². The lowest BCUT2D eigenvalue weighted by Gasteiger charge is -2.34. The molecule has 1 fully saturated rings. The summed E-state index contributed by atoms with van der Waals surface area (Å²) >= 11 is 0. The van der Waals surface area contributed by atoms with Crippen molar-refractivity contribution in [3.05, 3.63) is 23.8 Å². The number of hydrogen-bond donors (Lipinski definition) is 1. The Morgan fingerprint density at radius 1 is 1.08 bits per heavy atom. The van der Waals surface area contributed by atoms with Gasteiger partial charge in [-0.25, -0.2) is 4.72 Å². The first-order chi connectivity index (χ1) is 11.5. The highest BCUT2D eigenvalue weighted by molar-refractivity contribution is 7.87. The minimum absolute atomic E-state index is 0.480. The molecule has 0 saturated carbocycles. The Balaban J connectivity index is 1.91. The molecule has 1 saturated heterocycles. The molecule has 24 heavy (non-hydrogen) atoms. The number of nitrogens with one attached hydrogen (secondary N) is 1. The van der Waals surface area contributed by atoms with Crippen molar-refractivity contribution in [2.24, 2.45) is 0 Å². The van der Waals surface area contributed by atoms with Crippen molar-refractivity contribution in [1.29, 1.82) is 0 Å². The van der Waals surface area contributed by atoms with Crippen LogP contribution in [0.1, 0.15) is 18.9 Å².